The summed E-state index contributed by atoms with van der Waals surface area (Å²) in [5.41, 5.74) is 9.14. The van der Waals surface area contributed by atoms with Crippen LogP contribution in [0.5, 0.6) is 0 Å². The Morgan fingerprint density at radius 3 is 2.48 bits per heavy atom. The lowest BCUT2D eigenvalue weighted by atomic mass is 9.97. The number of hydrogen-bond donors (Lipinski definition) is 3. The molecule has 6 nitrogen and oxygen atoms in total. The second kappa shape index (κ2) is 6.66. The van der Waals surface area contributed by atoms with Crippen LogP contribution in [0.1, 0.15) is 28.4 Å². The topological polar surface area (TPSA) is 99.4 Å². The Kier molecular flexibility index (Phi) is 4.86. The number of nitrogens with zero attached hydrogens (tertiary/aromatic N) is 1. The summed E-state index contributed by atoms with van der Waals surface area (Å²) in [5.74, 6) is -1.23. The number of aromatic amines is 1. The molecule has 0 unspecified atom stereocenters. The van der Waals surface area contributed by atoms with Crippen molar-refractivity contribution in [3.8, 4) is 11.3 Å². The maximum atomic E-state index is 12.0. The van der Waals surface area contributed by atoms with Gasteiger partial charge >= 0.3 is 5.97 Å². The smallest absolute Gasteiger partial charge is 0.341 e. The molecule has 122 valence electrons. The van der Waals surface area contributed by atoms with Gasteiger partial charge in [-0.2, -0.15) is 0 Å². The minimum Gasteiger partial charge on any atom is -0.477 e. The van der Waals surface area contributed by atoms with E-state index in [2.05, 4.69) is 4.98 Å². The molecule has 1 heterocycles. The van der Waals surface area contributed by atoms with Gasteiger partial charge in [0, 0.05) is 31.9 Å². The number of pyridine rings is 1. The van der Waals surface area contributed by atoms with Gasteiger partial charge in [-0.3, -0.25) is 4.79 Å². The van der Waals surface area contributed by atoms with Crippen molar-refractivity contribution in [3.63, 3.8) is 0 Å². The van der Waals surface area contributed by atoms with E-state index >= 15 is 0 Å². The third-order valence-electron chi connectivity index (χ3n) is 3.83. The maximum Gasteiger partial charge on any atom is 0.341 e. The lowest BCUT2D eigenvalue weighted by Gasteiger charge is -2.17. The molecule has 0 aliphatic carbocycles. The van der Waals surface area contributed by atoms with E-state index in [-0.39, 0.29) is 5.56 Å². The highest BCUT2D eigenvalue weighted by Crippen LogP contribution is 2.28. The average Bonchev–Trinajstić information content (AvgIpc) is 2.53. The third-order valence-corrected chi connectivity index (χ3v) is 3.83. The number of carboxylic acid groups (broad SMARTS) is 1. The summed E-state index contributed by atoms with van der Waals surface area (Å²) in [6.45, 7) is 2.24. The van der Waals surface area contributed by atoms with Gasteiger partial charge in [-0.05, 0) is 35.7 Å². The summed E-state index contributed by atoms with van der Waals surface area (Å²) in [7, 11) is 3.88. The Balaban J connectivity index is 2.69. The zero-order valence-electron chi connectivity index (χ0n) is 13.5. The van der Waals surface area contributed by atoms with Gasteiger partial charge in [0.15, 0.2) is 0 Å². The molecular formula is C17H21N3O3. The number of carboxylic acids is 1. The molecule has 0 saturated carbocycles. The highest BCUT2D eigenvalue weighted by atomic mass is 16.4. The van der Waals surface area contributed by atoms with Gasteiger partial charge in [0.25, 0.3) is 5.56 Å². The first-order valence-corrected chi connectivity index (χ1v) is 7.39. The average molecular weight is 315 g/mol. The number of aromatic carboxylic acids is 1. The Hall–Kier alpha value is -2.60. The lowest BCUT2D eigenvalue weighted by Crippen LogP contribution is -2.19. The van der Waals surface area contributed by atoms with E-state index in [1.165, 1.54) is 6.07 Å². The number of carbonyl (C=O) groups is 1. The number of hydrogen-bond acceptors (Lipinski definition) is 4. The molecule has 1 aromatic heterocycles. The van der Waals surface area contributed by atoms with E-state index in [0.29, 0.717) is 18.7 Å². The van der Waals surface area contributed by atoms with E-state index in [4.69, 9.17) is 10.8 Å². The van der Waals surface area contributed by atoms with Crippen molar-refractivity contribution in [3.05, 3.63) is 51.3 Å². The van der Waals surface area contributed by atoms with Gasteiger partial charge in [-0.1, -0.05) is 13.0 Å². The standard InChI is InChI=1S/C17H21N3O3/c1-4-10-8-14(17(22)23)16(21)19-15(10)13-6-5-12(20(2)3)7-11(13)9-18/h5-8H,4,9,18H2,1-3H3,(H,19,21)(H,22,23). The molecule has 1 aromatic carbocycles. The van der Waals surface area contributed by atoms with Crippen LogP contribution in [0, 0.1) is 0 Å². The summed E-state index contributed by atoms with van der Waals surface area (Å²) in [6.07, 6.45) is 0.603. The van der Waals surface area contributed by atoms with E-state index in [1.54, 1.807) is 0 Å². The molecule has 4 N–H and O–H groups in total. The summed E-state index contributed by atoms with van der Waals surface area (Å²) in [6, 6.07) is 7.26. The quantitative estimate of drug-likeness (QED) is 0.781. The molecule has 0 saturated heterocycles. The molecule has 0 fully saturated rings. The molecule has 0 aliphatic heterocycles. The van der Waals surface area contributed by atoms with Crippen LogP contribution in [0.2, 0.25) is 0 Å². The fraction of sp³-hybridized carbons (Fsp3) is 0.294. The van der Waals surface area contributed by atoms with Crippen molar-refractivity contribution in [1.29, 1.82) is 0 Å². The number of nitrogens with one attached hydrogen (secondary N) is 1. The number of anilines is 1. The summed E-state index contributed by atoms with van der Waals surface area (Å²) in [5, 5.41) is 9.10. The SMILES string of the molecule is CCc1cc(C(=O)O)c(=O)[nH]c1-c1ccc(N(C)C)cc1CN. The van der Waals surface area contributed by atoms with E-state index in [9.17, 15) is 9.59 Å². The molecule has 0 radical (unpaired) electrons. The number of rotatable bonds is 5. The van der Waals surface area contributed by atoms with Crippen molar-refractivity contribution in [2.45, 2.75) is 19.9 Å². The van der Waals surface area contributed by atoms with E-state index < -0.39 is 11.5 Å². The Morgan fingerprint density at radius 1 is 1.26 bits per heavy atom. The van der Waals surface area contributed by atoms with E-state index in [1.807, 2.05) is 44.1 Å². The summed E-state index contributed by atoms with van der Waals surface area (Å²) in [4.78, 5) is 27.8. The van der Waals surface area contributed by atoms with Crippen LogP contribution in [0.25, 0.3) is 11.3 Å². The fourth-order valence-corrected chi connectivity index (χ4v) is 2.52. The van der Waals surface area contributed by atoms with Gasteiger partial charge in [-0.15, -0.1) is 0 Å². The predicted molar refractivity (Wildman–Crippen MR) is 91.1 cm³/mol. The van der Waals surface area contributed by atoms with Crippen molar-refractivity contribution in [2.75, 3.05) is 19.0 Å². The number of aromatic nitrogens is 1. The van der Waals surface area contributed by atoms with Crippen LogP contribution in [0.3, 0.4) is 0 Å². The Bertz CT molecular complexity index is 794. The van der Waals surface area contributed by atoms with Gasteiger partial charge in [0.2, 0.25) is 0 Å². The fourth-order valence-electron chi connectivity index (χ4n) is 2.52. The van der Waals surface area contributed by atoms with Crippen LogP contribution in [0.15, 0.2) is 29.1 Å². The highest BCUT2D eigenvalue weighted by Gasteiger charge is 2.16. The molecule has 2 aromatic rings. The van der Waals surface area contributed by atoms with Crippen LogP contribution in [-0.4, -0.2) is 30.2 Å². The first-order valence-electron chi connectivity index (χ1n) is 7.39. The molecular weight excluding hydrogens is 294 g/mol. The second-order valence-corrected chi connectivity index (χ2v) is 5.51. The van der Waals surface area contributed by atoms with E-state index in [0.717, 1.165) is 22.4 Å². The minimum absolute atomic E-state index is 0.246. The van der Waals surface area contributed by atoms with Crippen LogP contribution >= 0.6 is 0 Å². The normalized spacial score (nSPS) is 10.6. The highest BCUT2D eigenvalue weighted by molar-refractivity contribution is 5.88. The largest absolute Gasteiger partial charge is 0.477 e. The first-order chi connectivity index (χ1) is 10.9. The summed E-state index contributed by atoms with van der Waals surface area (Å²) >= 11 is 0. The predicted octanol–water partition coefficient (Wildman–Crippen LogP) is 1.83. The Labute approximate surface area is 134 Å². The molecule has 6 heteroatoms. The molecule has 0 spiro atoms. The van der Waals surface area contributed by atoms with Gasteiger partial charge < -0.3 is 20.7 Å². The summed E-state index contributed by atoms with van der Waals surface area (Å²) < 4.78 is 0. The third kappa shape index (κ3) is 3.27. The van der Waals surface area contributed by atoms with Crippen LogP contribution in [0.4, 0.5) is 5.69 Å². The maximum absolute atomic E-state index is 12.0. The second-order valence-electron chi connectivity index (χ2n) is 5.51. The van der Waals surface area contributed by atoms with Crippen molar-refractivity contribution in [1.82, 2.24) is 4.98 Å². The first kappa shape index (κ1) is 16.8. The number of aryl methyl sites for hydroxylation is 1. The molecule has 2 rings (SSSR count). The van der Waals surface area contributed by atoms with Crippen LogP contribution < -0.4 is 16.2 Å². The van der Waals surface area contributed by atoms with Gasteiger partial charge in [0.1, 0.15) is 5.56 Å². The zero-order valence-corrected chi connectivity index (χ0v) is 13.5. The number of benzene rings is 1. The Morgan fingerprint density at radius 2 is 1.96 bits per heavy atom. The minimum atomic E-state index is -1.23. The zero-order chi connectivity index (χ0) is 17.1. The van der Waals surface area contributed by atoms with Gasteiger partial charge in [0.05, 0.1) is 5.69 Å². The van der Waals surface area contributed by atoms with Crippen molar-refractivity contribution < 1.29 is 9.90 Å². The lowest BCUT2D eigenvalue weighted by molar-refractivity contribution is 0.0695. The van der Waals surface area contributed by atoms with Crippen molar-refractivity contribution >= 4 is 11.7 Å². The monoisotopic (exact) mass is 315 g/mol. The van der Waals surface area contributed by atoms with Gasteiger partial charge in [-0.25, -0.2) is 4.79 Å². The molecule has 23 heavy (non-hydrogen) atoms. The number of H-pyrrole nitrogens is 1. The molecule has 0 atom stereocenters. The molecule has 0 aliphatic rings. The number of nitrogens with two attached hydrogens (primary N) is 1. The van der Waals surface area contributed by atoms with Crippen LogP contribution in [-0.2, 0) is 13.0 Å². The molecule has 0 bridgehead atoms. The molecule has 0 amide bonds. The van der Waals surface area contributed by atoms with Crippen molar-refractivity contribution in [2.24, 2.45) is 5.73 Å².